The largest absolute Gasteiger partial charge is 0.497 e. The van der Waals surface area contributed by atoms with E-state index in [1.165, 1.54) is 0 Å². The Morgan fingerprint density at radius 1 is 1.25 bits per heavy atom. The summed E-state index contributed by atoms with van der Waals surface area (Å²) in [7, 11) is 1.62. The first kappa shape index (κ1) is 18.5. The SMILES string of the molecule is COc1cccc(C(NC(=O)c2n[nH]c3c2CNCC3)c2ccccc2Cl)c1. The second-order valence-electron chi connectivity index (χ2n) is 6.66. The Labute approximate surface area is 168 Å². The van der Waals surface area contributed by atoms with Crippen molar-refractivity contribution in [3.63, 3.8) is 0 Å². The molecule has 28 heavy (non-hydrogen) atoms. The summed E-state index contributed by atoms with van der Waals surface area (Å²) < 4.78 is 5.35. The lowest BCUT2D eigenvalue weighted by Gasteiger charge is -2.21. The van der Waals surface area contributed by atoms with E-state index < -0.39 is 6.04 Å². The van der Waals surface area contributed by atoms with Crippen molar-refractivity contribution >= 4 is 17.5 Å². The number of ether oxygens (including phenoxy) is 1. The van der Waals surface area contributed by atoms with Gasteiger partial charge in [-0.25, -0.2) is 0 Å². The molecule has 0 aliphatic carbocycles. The van der Waals surface area contributed by atoms with Crippen molar-refractivity contribution < 1.29 is 9.53 Å². The summed E-state index contributed by atoms with van der Waals surface area (Å²) in [5.74, 6) is 0.471. The molecule has 0 radical (unpaired) electrons. The van der Waals surface area contributed by atoms with Crippen LogP contribution in [0.25, 0.3) is 0 Å². The van der Waals surface area contributed by atoms with Gasteiger partial charge in [-0.15, -0.1) is 0 Å². The van der Waals surface area contributed by atoms with Gasteiger partial charge in [0, 0.05) is 35.8 Å². The van der Waals surface area contributed by atoms with Gasteiger partial charge in [-0.2, -0.15) is 5.10 Å². The standard InChI is InChI=1S/C21H21ClN4O2/c1-28-14-6-4-5-13(11-14)19(15-7-2-3-8-17(15)22)24-21(27)20-16-12-23-10-9-18(16)25-26-20/h2-8,11,19,23H,9-10,12H2,1H3,(H,24,27)(H,25,26). The Morgan fingerprint density at radius 2 is 2.11 bits per heavy atom. The van der Waals surface area contributed by atoms with Crippen molar-refractivity contribution in [2.75, 3.05) is 13.7 Å². The topological polar surface area (TPSA) is 79.0 Å². The van der Waals surface area contributed by atoms with Gasteiger partial charge in [0.25, 0.3) is 5.91 Å². The predicted octanol–water partition coefficient (Wildman–Crippen LogP) is 3.24. The molecule has 3 N–H and O–H groups in total. The predicted molar refractivity (Wildman–Crippen MR) is 108 cm³/mol. The van der Waals surface area contributed by atoms with Crippen LogP contribution in [0.4, 0.5) is 0 Å². The molecule has 6 nitrogen and oxygen atoms in total. The molecule has 4 rings (SSSR count). The molecule has 0 saturated carbocycles. The fraction of sp³-hybridized carbons (Fsp3) is 0.238. The highest BCUT2D eigenvalue weighted by molar-refractivity contribution is 6.31. The van der Waals surface area contributed by atoms with Crippen LogP contribution < -0.4 is 15.4 Å². The minimum atomic E-state index is -0.430. The number of hydrogen-bond acceptors (Lipinski definition) is 4. The summed E-state index contributed by atoms with van der Waals surface area (Å²) in [6.45, 7) is 1.51. The van der Waals surface area contributed by atoms with Crippen LogP contribution in [0.15, 0.2) is 48.5 Å². The molecule has 0 saturated heterocycles. The molecule has 2 heterocycles. The summed E-state index contributed by atoms with van der Waals surface area (Å²) in [5.41, 5.74) is 4.05. The normalized spacial score (nSPS) is 14.2. The molecule has 1 amide bonds. The van der Waals surface area contributed by atoms with Crippen molar-refractivity contribution in [1.82, 2.24) is 20.8 Å². The maximum absolute atomic E-state index is 13.1. The van der Waals surface area contributed by atoms with E-state index in [-0.39, 0.29) is 5.91 Å². The molecular weight excluding hydrogens is 376 g/mol. The van der Waals surface area contributed by atoms with Crippen molar-refractivity contribution in [1.29, 1.82) is 0 Å². The highest BCUT2D eigenvalue weighted by atomic mass is 35.5. The average molecular weight is 397 g/mol. The number of nitrogens with zero attached hydrogens (tertiary/aromatic N) is 1. The van der Waals surface area contributed by atoms with Crippen LogP contribution in [0.5, 0.6) is 5.75 Å². The molecule has 144 valence electrons. The van der Waals surface area contributed by atoms with Gasteiger partial charge < -0.3 is 15.4 Å². The zero-order valence-corrected chi connectivity index (χ0v) is 16.2. The number of halogens is 1. The van der Waals surface area contributed by atoms with E-state index in [2.05, 4.69) is 20.8 Å². The highest BCUT2D eigenvalue weighted by Gasteiger charge is 2.26. The van der Waals surface area contributed by atoms with E-state index >= 15 is 0 Å². The van der Waals surface area contributed by atoms with E-state index in [0.717, 1.165) is 35.3 Å². The number of fused-ring (bicyclic) bond motifs is 1. The maximum Gasteiger partial charge on any atom is 0.272 e. The number of carbonyl (C=O) groups excluding carboxylic acids is 1. The van der Waals surface area contributed by atoms with Crippen molar-refractivity contribution in [2.24, 2.45) is 0 Å². The molecule has 0 fully saturated rings. The van der Waals surface area contributed by atoms with Gasteiger partial charge in [-0.3, -0.25) is 9.89 Å². The zero-order chi connectivity index (χ0) is 19.5. The van der Waals surface area contributed by atoms with E-state index in [0.29, 0.717) is 23.0 Å². The summed E-state index contributed by atoms with van der Waals surface area (Å²) in [4.78, 5) is 13.1. The number of H-pyrrole nitrogens is 1. The number of nitrogens with one attached hydrogen (secondary N) is 3. The third kappa shape index (κ3) is 3.61. The first-order valence-electron chi connectivity index (χ1n) is 9.13. The van der Waals surface area contributed by atoms with Gasteiger partial charge in [0.2, 0.25) is 0 Å². The van der Waals surface area contributed by atoms with Gasteiger partial charge in [0.15, 0.2) is 5.69 Å². The summed E-state index contributed by atoms with van der Waals surface area (Å²) >= 11 is 6.45. The Balaban J connectivity index is 1.70. The lowest BCUT2D eigenvalue weighted by Crippen LogP contribution is -2.32. The fourth-order valence-electron chi connectivity index (χ4n) is 3.48. The number of hydrogen-bond donors (Lipinski definition) is 3. The minimum Gasteiger partial charge on any atom is -0.497 e. The lowest BCUT2D eigenvalue weighted by molar-refractivity contribution is 0.0936. The number of aromatic amines is 1. The third-order valence-electron chi connectivity index (χ3n) is 4.94. The number of aromatic nitrogens is 2. The Kier molecular flexibility index (Phi) is 5.32. The second kappa shape index (κ2) is 8.04. The molecule has 1 atom stereocenters. The van der Waals surface area contributed by atoms with Crippen LogP contribution >= 0.6 is 11.6 Å². The first-order chi connectivity index (χ1) is 13.7. The molecule has 0 bridgehead atoms. The number of rotatable bonds is 5. The molecule has 1 unspecified atom stereocenters. The monoisotopic (exact) mass is 396 g/mol. The van der Waals surface area contributed by atoms with Crippen molar-refractivity contribution in [2.45, 2.75) is 19.0 Å². The zero-order valence-electron chi connectivity index (χ0n) is 15.5. The van der Waals surface area contributed by atoms with E-state index in [9.17, 15) is 4.79 Å². The van der Waals surface area contributed by atoms with Crippen LogP contribution in [0.3, 0.4) is 0 Å². The van der Waals surface area contributed by atoms with Gasteiger partial charge >= 0.3 is 0 Å². The number of benzene rings is 2. The molecular formula is C21H21ClN4O2. The van der Waals surface area contributed by atoms with E-state index in [1.54, 1.807) is 7.11 Å². The number of methoxy groups -OCH3 is 1. The molecule has 0 spiro atoms. The van der Waals surface area contributed by atoms with Gasteiger partial charge in [0.1, 0.15) is 5.75 Å². The molecule has 7 heteroatoms. The molecule has 1 aliphatic rings. The highest BCUT2D eigenvalue weighted by Crippen LogP contribution is 2.30. The summed E-state index contributed by atoms with van der Waals surface area (Å²) in [6, 6.07) is 14.7. The Bertz CT molecular complexity index is 1000. The van der Waals surface area contributed by atoms with Crippen LogP contribution in [0, 0.1) is 0 Å². The molecule has 2 aromatic carbocycles. The number of amides is 1. The smallest absolute Gasteiger partial charge is 0.272 e. The molecule has 1 aromatic heterocycles. The van der Waals surface area contributed by atoms with Gasteiger partial charge in [0.05, 0.1) is 13.2 Å². The van der Waals surface area contributed by atoms with Gasteiger partial charge in [-0.05, 0) is 29.3 Å². The average Bonchev–Trinajstić information content (AvgIpc) is 3.17. The molecule has 1 aliphatic heterocycles. The van der Waals surface area contributed by atoms with Crippen LogP contribution in [-0.4, -0.2) is 29.8 Å². The van der Waals surface area contributed by atoms with Crippen molar-refractivity contribution in [3.8, 4) is 5.75 Å². The summed E-state index contributed by atoms with van der Waals surface area (Å²) in [6.07, 6.45) is 0.833. The van der Waals surface area contributed by atoms with Gasteiger partial charge in [-0.1, -0.05) is 41.9 Å². The van der Waals surface area contributed by atoms with E-state index in [1.807, 2.05) is 48.5 Å². The third-order valence-corrected chi connectivity index (χ3v) is 5.28. The Hall–Kier alpha value is -2.83. The first-order valence-corrected chi connectivity index (χ1v) is 9.51. The minimum absolute atomic E-state index is 0.242. The van der Waals surface area contributed by atoms with Crippen LogP contribution in [-0.2, 0) is 13.0 Å². The van der Waals surface area contributed by atoms with E-state index in [4.69, 9.17) is 16.3 Å². The van der Waals surface area contributed by atoms with Crippen LogP contribution in [0.1, 0.15) is 38.9 Å². The second-order valence-corrected chi connectivity index (χ2v) is 7.07. The molecule has 3 aromatic rings. The van der Waals surface area contributed by atoms with Crippen LogP contribution in [0.2, 0.25) is 5.02 Å². The maximum atomic E-state index is 13.1. The summed E-state index contributed by atoms with van der Waals surface area (Å²) in [5, 5.41) is 14.2. The lowest BCUT2D eigenvalue weighted by atomic mass is 9.97. The fourth-order valence-corrected chi connectivity index (χ4v) is 3.73. The Morgan fingerprint density at radius 3 is 2.93 bits per heavy atom. The van der Waals surface area contributed by atoms with Crippen molar-refractivity contribution in [3.05, 3.63) is 81.6 Å². The number of carbonyl (C=O) groups is 1. The quantitative estimate of drug-likeness (QED) is 0.618.